The third-order valence-corrected chi connectivity index (χ3v) is 26.0. The van der Waals surface area contributed by atoms with Crippen LogP contribution in [0.4, 0.5) is 68.2 Å². The van der Waals surface area contributed by atoms with Crippen LogP contribution in [0.1, 0.15) is 70.9 Å². The molecule has 0 radical (unpaired) electrons. The fraction of sp³-hybridized carbons (Fsp3) is 0.0160. The van der Waals surface area contributed by atoms with Crippen LogP contribution in [0.5, 0.6) is 0 Å². The molecule has 18 aromatic rings. The van der Waals surface area contributed by atoms with E-state index in [0.29, 0.717) is 16.7 Å². The summed E-state index contributed by atoms with van der Waals surface area (Å²) in [5.74, 6) is -1.07. The second-order valence-electron chi connectivity index (χ2n) is 30.8. The van der Waals surface area contributed by atoms with Crippen LogP contribution in [0, 0.1) is 22.7 Å². The predicted octanol–water partition coefficient (Wildman–Crippen LogP) is 28.0. The van der Waals surface area contributed by atoms with Gasteiger partial charge < -0.3 is 48.7 Å². The van der Waals surface area contributed by atoms with E-state index in [4.69, 9.17) is 25.2 Å². The normalized spacial score (nSPS) is 10.1. The van der Waals surface area contributed by atoms with E-state index in [0.717, 1.165) is 125 Å². The number of nitrogens with zero attached hydrogens (tertiary/aromatic N) is 6. The molecule has 0 saturated heterocycles. The van der Waals surface area contributed by atoms with Gasteiger partial charge in [0.2, 0.25) is 0 Å². The molecule has 13 nitrogen and oxygen atoms in total. The topological polar surface area (TPSA) is 183 Å². The molecular weight excluding hydrogens is 1940 g/mol. The molecule has 0 bridgehead atoms. The van der Waals surface area contributed by atoms with Gasteiger partial charge in [-0.3, -0.25) is 19.2 Å². The highest BCUT2D eigenvalue weighted by atomic mass is 127. The Labute approximate surface area is 852 Å². The molecule has 0 fully saturated rings. The second-order valence-corrected chi connectivity index (χ2v) is 35.3. The molecule has 0 aliphatic heterocycles. The molecule has 0 spiro atoms. The lowest BCUT2D eigenvalue weighted by atomic mass is 10.1. The van der Waals surface area contributed by atoms with Gasteiger partial charge in [-0.25, -0.2) is 0 Å². The maximum absolute atomic E-state index is 10.8. The molecule has 141 heavy (non-hydrogen) atoms. The number of para-hydroxylation sites is 8. The summed E-state index contributed by atoms with van der Waals surface area (Å²) in [6.45, 7) is 6.22. The van der Waals surface area contributed by atoms with Crippen molar-refractivity contribution in [2.75, 3.05) is 26.3 Å². The van der Waals surface area contributed by atoms with Gasteiger partial charge in [0.05, 0.1) is 18.8 Å². The van der Waals surface area contributed by atoms with E-state index in [1.807, 2.05) is 158 Å². The Bertz CT molecular complexity index is 6610. The van der Waals surface area contributed by atoms with Gasteiger partial charge in [-0.1, -0.05) is 350 Å². The van der Waals surface area contributed by atoms with Gasteiger partial charge >= 0.3 is 12.1 Å². The van der Waals surface area contributed by atoms with Crippen LogP contribution in [-0.2, 0) is 14.4 Å². The Morgan fingerprint density at radius 3 is 0.638 bits per heavy atom. The molecule has 0 atom stereocenters. The summed E-state index contributed by atoms with van der Waals surface area (Å²) in [7, 11) is -1.53. The van der Waals surface area contributed by atoms with Crippen molar-refractivity contribution >= 4 is 175 Å². The minimum absolute atomic E-state index is 0. The molecule has 0 saturated carbocycles. The monoisotopic (exact) mass is 2030 g/mol. The Balaban J connectivity index is 0.000000175. The lowest BCUT2D eigenvalue weighted by molar-refractivity contribution is -0.191. The van der Waals surface area contributed by atoms with Crippen molar-refractivity contribution in [3.05, 3.63) is 571 Å². The van der Waals surface area contributed by atoms with Gasteiger partial charge in [0, 0.05) is 95.5 Å². The lowest BCUT2D eigenvalue weighted by Crippen LogP contribution is -3.00. The molecule has 692 valence electrons. The van der Waals surface area contributed by atoms with Crippen molar-refractivity contribution in [3.63, 3.8) is 0 Å². The zero-order valence-corrected chi connectivity index (χ0v) is 82.0. The summed E-state index contributed by atoms with van der Waals surface area (Å²) in [5, 5.41) is 28.2. The van der Waals surface area contributed by atoms with Crippen LogP contribution in [-0.4, -0.2) is 42.8 Å². The van der Waals surface area contributed by atoms with Gasteiger partial charge in [0.25, 0.3) is 0 Å². The first-order valence-corrected chi connectivity index (χ1v) is 47.8. The number of hydrogen-bond acceptors (Lipinski definition) is 12. The van der Waals surface area contributed by atoms with E-state index >= 15 is 0 Å². The van der Waals surface area contributed by atoms with E-state index in [1.165, 1.54) is 28.1 Å². The molecule has 0 amide bonds. The highest BCUT2D eigenvalue weighted by Gasteiger charge is 2.39. The van der Waals surface area contributed by atoms with Crippen LogP contribution in [0.3, 0.4) is 0 Å². The Morgan fingerprint density at radius 2 is 0.454 bits per heavy atom. The number of aliphatic carboxylic acids is 1. The maximum Gasteiger partial charge on any atom is 0.373 e. The smallest absolute Gasteiger partial charge is 0.373 e. The first kappa shape index (κ1) is 106. The number of benzene rings is 18. The van der Waals surface area contributed by atoms with Gasteiger partial charge in [0.1, 0.15) is 48.5 Å². The standard InChI is InChI=1S/C29H22N2.C27H21NO.C20H17N.C19H15NO.C19H18P.C7H5BrO.C3H3NO2.CO2.HI/c30-23-7-8-24-13-15-25(16-14-24)17-18-26-19-21-29(22-20-26)31(27-9-3-1-4-10-27)28-11-5-2-6-12-28;29-21-24-15-13-22(14-16-24)11-12-23-17-19-27(20-18-23)28(25-7-3-1-4-8-25)26-9-5-2-6-10-26;1-2-17-13-15-20(16-14-17)21(18-9-5-3-6-10-18)19-11-7-4-8-12-19;21-15-16-11-13-19(14-12-16)20(17-7-3-1-4-8-17)18-9-5-2-6-10-18;1-20(17-11-5-2-6-12-17,18-13-7-3-8-14-18)19-15-9-4-10-16-19;8-7-3-1-6(5-9)2-4-7;4-2-1-3(5)6;2-1-3;/h1-22H;1-21H;2-16H,1H2;1-15H;2-16H,1H3;1-5H;1H2,(H,5,6);;1H/q;;;;+1;;;;/p-1/b8-7+,18-17+;12-11+;;;;;;;. The number of carboxylic acid groups (broad SMARTS) is 1. The highest BCUT2D eigenvalue weighted by molar-refractivity contribution is 9.10. The van der Waals surface area contributed by atoms with Crippen LogP contribution in [0.25, 0.3) is 36.5 Å². The van der Waals surface area contributed by atoms with Crippen LogP contribution in [0.2, 0.25) is 0 Å². The molecule has 0 aromatic heterocycles. The number of rotatable bonds is 25. The zero-order valence-electron chi connectivity index (χ0n) is 77.4. The van der Waals surface area contributed by atoms with Gasteiger partial charge in [0.15, 0.2) is 0 Å². The number of carbonyl (C=O) groups excluding carboxylic acids is 5. The summed E-state index contributed by atoms with van der Waals surface area (Å²) < 4.78 is 0.994. The number of nitriles is 2. The molecule has 0 heterocycles. The summed E-state index contributed by atoms with van der Waals surface area (Å²) in [6, 6.07) is 175. The zero-order chi connectivity index (χ0) is 98.4. The fourth-order valence-electron chi connectivity index (χ4n) is 14.5. The number of halogens is 2. The number of hydrogen-bond donors (Lipinski definition) is 1. The third kappa shape index (κ3) is 33.2. The summed E-state index contributed by atoms with van der Waals surface area (Å²) >= 11 is 3.26. The highest BCUT2D eigenvalue weighted by Crippen LogP contribution is 2.51. The maximum atomic E-state index is 10.8. The average Bonchev–Trinajstić information content (AvgIpc) is 0.767. The molecule has 0 aliphatic carbocycles. The first-order valence-electron chi connectivity index (χ1n) is 44.7. The minimum atomic E-state index is -1.53. The molecule has 0 unspecified atom stereocenters. The van der Waals surface area contributed by atoms with Crippen LogP contribution in [0.15, 0.2) is 521 Å². The largest absolute Gasteiger partial charge is 1.00 e. The van der Waals surface area contributed by atoms with E-state index in [-0.39, 0.29) is 30.1 Å². The Morgan fingerprint density at radius 1 is 0.284 bits per heavy atom. The number of carbonyl (C=O) groups is 4. The van der Waals surface area contributed by atoms with Crippen molar-refractivity contribution in [1.29, 1.82) is 10.5 Å². The van der Waals surface area contributed by atoms with Crippen molar-refractivity contribution < 1.29 is 57.9 Å². The lowest BCUT2D eigenvalue weighted by Gasteiger charge is -2.25. The van der Waals surface area contributed by atoms with Gasteiger partial charge in [-0.2, -0.15) is 20.1 Å². The number of aldehydes is 3. The SMILES string of the molecule is C=Cc1ccc(N(c2ccccc2)c2ccccc2)cc1.C[P+](c1ccccc1)(c1ccccc1)c1ccccc1.N#C/C=C/c1ccc(/C=C/c2ccc(N(c3ccccc3)c3ccccc3)cc2)cc1.N#CCC(=O)O.O=C=O.O=Cc1ccc(/C=C/c2ccc(N(c3ccccc3)c3ccccc3)cc2)cc1.O=Cc1ccc(Br)cc1.O=Cc1ccc(N(c2ccccc2)c2ccccc2)cc1.[I-]. The Hall–Kier alpha value is -17.4. The summed E-state index contributed by atoms with van der Waals surface area (Å²) in [5.41, 5.74) is 22.0. The van der Waals surface area contributed by atoms with E-state index in [2.05, 4.69) is 419 Å². The molecular formula is C125H101BrIN6O7P. The van der Waals surface area contributed by atoms with E-state index in [1.54, 1.807) is 18.2 Å². The summed E-state index contributed by atoms with van der Waals surface area (Å²) in [6.07, 6.45) is 15.9. The van der Waals surface area contributed by atoms with Crippen LogP contribution < -0.4 is 59.5 Å². The average molecular weight is 2040 g/mol. The molecule has 0 aliphatic rings. The van der Waals surface area contributed by atoms with Gasteiger partial charge in [-0.05, 0) is 246 Å². The minimum Gasteiger partial charge on any atom is -1.00 e. The molecule has 18 aromatic carbocycles. The van der Waals surface area contributed by atoms with E-state index < -0.39 is 19.7 Å². The van der Waals surface area contributed by atoms with Gasteiger partial charge in [-0.15, -0.1) is 0 Å². The quantitative estimate of drug-likeness (QED) is 0.0188. The van der Waals surface area contributed by atoms with E-state index in [9.17, 15) is 19.2 Å². The third-order valence-electron chi connectivity index (χ3n) is 21.4. The molecule has 1 N–H and O–H groups in total. The first-order chi connectivity index (χ1) is 68.7. The van der Waals surface area contributed by atoms with Crippen LogP contribution >= 0.6 is 23.2 Å². The molecule has 18 rings (SSSR count). The van der Waals surface area contributed by atoms with Crippen molar-refractivity contribution in [1.82, 2.24) is 0 Å². The van der Waals surface area contributed by atoms with Crippen molar-refractivity contribution in [3.8, 4) is 12.1 Å². The fourth-order valence-corrected chi connectivity index (χ4v) is 18.0. The summed E-state index contributed by atoms with van der Waals surface area (Å²) in [4.78, 5) is 66.2. The number of anilines is 12. The molecule has 16 heteroatoms. The number of carboxylic acids is 1. The van der Waals surface area contributed by atoms with Crippen molar-refractivity contribution in [2.45, 2.75) is 6.42 Å². The number of allylic oxidation sites excluding steroid dienone is 1. The second kappa shape index (κ2) is 58.8. The predicted molar refractivity (Wildman–Crippen MR) is 584 cm³/mol. The van der Waals surface area contributed by atoms with Crippen molar-refractivity contribution in [2.24, 2.45) is 0 Å². The Kier molecular flexibility index (Phi) is 44.1.